The molecule has 0 aliphatic heterocycles. The quantitative estimate of drug-likeness (QED) is 0.815. The minimum absolute atomic E-state index is 0.128. The van der Waals surface area contributed by atoms with Crippen molar-refractivity contribution < 1.29 is 4.79 Å². The summed E-state index contributed by atoms with van der Waals surface area (Å²) >= 11 is 0. The highest BCUT2D eigenvalue weighted by Gasteiger charge is 2.28. The average Bonchev–Trinajstić information content (AvgIpc) is 2.48. The molecule has 2 aliphatic rings. The van der Waals surface area contributed by atoms with E-state index in [1.54, 1.807) is 0 Å². The Morgan fingerprint density at radius 3 is 2.57 bits per heavy atom. The van der Waals surface area contributed by atoms with Gasteiger partial charge in [0, 0.05) is 18.5 Å². The summed E-state index contributed by atoms with van der Waals surface area (Å²) in [6, 6.07) is 0.309. The van der Waals surface area contributed by atoms with E-state index in [4.69, 9.17) is 5.73 Å². The molecule has 3 heteroatoms. The second-order valence-corrected chi connectivity index (χ2v) is 7.68. The van der Waals surface area contributed by atoms with Gasteiger partial charge in [0.25, 0.3) is 0 Å². The number of amides is 1. The zero-order chi connectivity index (χ0) is 15.2. The summed E-state index contributed by atoms with van der Waals surface area (Å²) < 4.78 is 0. The first-order valence-corrected chi connectivity index (χ1v) is 9.09. The Hall–Kier alpha value is -0.570. The highest BCUT2D eigenvalue weighted by molar-refractivity contribution is 5.78. The van der Waals surface area contributed by atoms with E-state index in [9.17, 15) is 4.79 Å². The van der Waals surface area contributed by atoms with Crippen LogP contribution in [-0.2, 0) is 4.79 Å². The maximum absolute atomic E-state index is 12.3. The SMILES string of the molecule is CC1CCC(CCNC(=O)C(C)C2CCCC(N)C2)CC1. The Labute approximate surface area is 130 Å². The van der Waals surface area contributed by atoms with Gasteiger partial charge in [-0.05, 0) is 43.4 Å². The minimum atomic E-state index is 0.128. The predicted molar refractivity (Wildman–Crippen MR) is 87.8 cm³/mol. The molecule has 0 aromatic heterocycles. The lowest BCUT2D eigenvalue weighted by Crippen LogP contribution is -2.38. The molecule has 2 aliphatic carbocycles. The van der Waals surface area contributed by atoms with Crippen LogP contribution in [0.25, 0.3) is 0 Å². The largest absolute Gasteiger partial charge is 0.356 e. The van der Waals surface area contributed by atoms with Crippen molar-refractivity contribution in [3.63, 3.8) is 0 Å². The molecule has 21 heavy (non-hydrogen) atoms. The lowest BCUT2D eigenvalue weighted by molar-refractivity contribution is -0.126. The molecule has 3 unspecified atom stereocenters. The van der Waals surface area contributed by atoms with Crippen LogP contribution < -0.4 is 11.1 Å². The Bertz CT molecular complexity index is 323. The van der Waals surface area contributed by atoms with E-state index in [-0.39, 0.29) is 11.8 Å². The van der Waals surface area contributed by atoms with Crippen LogP contribution in [0.2, 0.25) is 0 Å². The molecule has 2 saturated carbocycles. The highest BCUT2D eigenvalue weighted by Crippen LogP contribution is 2.31. The smallest absolute Gasteiger partial charge is 0.223 e. The van der Waals surface area contributed by atoms with Gasteiger partial charge in [-0.15, -0.1) is 0 Å². The summed E-state index contributed by atoms with van der Waals surface area (Å²) in [5, 5.41) is 3.17. The van der Waals surface area contributed by atoms with Gasteiger partial charge in [0.05, 0.1) is 0 Å². The van der Waals surface area contributed by atoms with E-state index in [1.807, 2.05) is 0 Å². The molecule has 2 rings (SSSR count). The topological polar surface area (TPSA) is 55.1 Å². The third kappa shape index (κ3) is 5.28. The minimum Gasteiger partial charge on any atom is -0.356 e. The van der Waals surface area contributed by atoms with Crippen LogP contribution in [0.4, 0.5) is 0 Å². The number of carbonyl (C=O) groups is 1. The molecule has 0 bridgehead atoms. The Morgan fingerprint density at radius 1 is 1.19 bits per heavy atom. The third-order valence-corrected chi connectivity index (χ3v) is 5.86. The molecule has 3 atom stereocenters. The second kappa shape index (κ2) is 8.17. The molecular weight excluding hydrogens is 260 g/mol. The fourth-order valence-electron chi connectivity index (χ4n) is 4.11. The number of rotatable bonds is 5. The van der Waals surface area contributed by atoms with Crippen molar-refractivity contribution in [2.75, 3.05) is 6.54 Å². The molecule has 0 heterocycles. The molecule has 3 N–H and O–H groups in total. The monoisotopic (exact) mass is 294 g/mol. The summed E-state index contributed by atoms with van der Waals surface area (Å²) in [6.07, 6.45) is 11.1. The normalized spacial score (nSPS) is 35.2. The number of hydrogen-bond acceptors (Lipinski definition) is 2. The van der Waals surface area contributed by atoms with Gasteiger partial charge in [0.15, 0.2) is 0 Å². The van der Waals surface area contributed by atoms with Crippen LogP contribution in [0.3, 0.4) is 0 Å². The molecule has 0 aromatic carbocycles. The molecule has 0 saturated heterocycles. The van der Waals surface area contributed by atoms with Gasteiger partial charge in [-0.25, -0.2) is 0 Å². The van der Waals surface area contributed by atoms with E-state index in [2.05, 4.69) is 19.2 Å². The lowest BCUT2D eigenvalue weighted by atomic mass is 9.78. The van der Waals surface area contributed by atoms with E-state index in [0.717, 1.165) is 37.6 Å². The van der Waals surface area contributed by atoms with Crippen molar-refractivity contribution in [1.29, 1.82) is 0 Å². The van der Waals surface area contributed by atoms with Crippen LogP contribution in [-0.4, -0.2) is 18.5 Å². The van der Waals surface area contributed by atoms with Crippen molar-refractivity contribution in [2.45, 2.75) is 77.7 Å². The standard InChI is InChI=1S/C18H34N2O/c1-13-6-8-15(9-7-13)10-11-20-18(21)14(2)16-4-3-5-17(19)12-16/h13-17H,3-12,19H2,1-2H3,(H,20,21). The molecule has 0 aromatic rings. The van der Waals surface area contributed by atoms with Gasteiger partial charge in [-0.1, -0.05) is 46.0 Å². The number of nitrogens with one attached hydrogen (secondary N) is 1. The molecule has 2 fully saturated rings. The fourth-order valence-corrected chi connectivity index (χ4v) is 4.11. The molecular formula is C18H34N2O. The Balaban J connectivity index is 1.64. The molecule has 1 amide bonds. The third-order valence-electron chi connectivity index (χ3n) is 5.86. The van der Waals surface area contributed by atoms with Gasteiger partial charge in [0.1, 0.15) is 0 Å². The second-order valence-electron chi connectivity index (χ2n) is 7.68. The molecule has 122 valence electrons. The van der Waals surface area contributed by atoms with Crippen molar-refractivity contribution >= 4 is 5.91 Å². The van der Waals surface area contributed by atoms with Gasteiger partial charge in [-0.2, -0.15) is 0 Å². The van der Waals surface area contributed by atoms with Crippen LogP contribution in [0.5, 0.6) is 0 Å². The lowest BCUT2D eigenvalue weighted by Gasteiger charge is -2.31. The first-order chi connectivity index (χ1) is 10.1. The zero-order valence-corrected chi connectivity index (χ0v) is 13.9. The highest BCUT2D eigenvalue weighted by atomic mass is 16.1. The van der Waals surface area contributed by atoms with Crippen molar-refractivity contribution in [2.24, 2.45) is 29.4 Å². The first kappa shape index (κ1) is 16.8. The average molecular weight is 294 g/mol. The van der Waals surface area contributed by atoms with Gasteiger partial charge in [0.2, 0.25) is 5.91 Å². The van der Waals surface area contributed by atoms with Gasteiger partial charge in [-0.3, -0.25) is 4.79 Å². The van der Waals surface area contributed by atoms with Crippen LogP contribution in [0, 0.1) is 23.7 Å². The van der Waals surface area contributed by atoms with Gasteiger partial charge < -0.3 is 11.1 Å². The summed E-state index contributed by atoms with van der Waals surface area (Å²) in [5.41, 5.74) is 6.04. The zero-order valence-electron chi connectivity index (χ0n) is 13.9. The summed E-state index contributed by atoms with van der Waals surface area (Å²) in [6.45, 7) is 5.30. The van der Waals surface area contributed by atoms with Gasteiger partial charge >= 0.3 is 0 Å². The maximum atomic E-state index is 12.3. The first-order valence-electron chi connectivity index (χ1n) is 9.09. The van der Waals surface area contributed by atoms with Crippen molar-refractivity contribution in [1.82, 2.24) is 5.32 Å². The molecule has 0 radical (unpaired) electrons. The molecule has 3 nitrogen and oxygen atoms in total. The maximum Gasteiger partial charge on any atom is 0.223 e. The Morgan fingerprint density at radius 2 is 1.90 bits per heavy atom. The van der Waals surface area contributed by atoms with Crippen LogP contribution in [0.1, 0.15) is 71.6 Å². The fraction of sp³-hybridized carbons (Fsp3) is 0.944. The summed E-state index contributed by atoms with van der Waals surface area (Å²) in [4.78, 5) is 12.3. The van der Waals surface area contributed by atoms with Crippen molar-refractivity contribution in [3.05, 3.63) is 0 Å². The van der Waals surface area contributed by atoms with E-state index < -0.39 is 0 Å². The summed E-state index contributed by atoms with van der Waals surface area (Å²) in [5.74, 6) is 2.61. The van der Waals surface area contributed by atoms with Crippen molar-refractivity contribution in [3.8, 4) is 0 Å². The van der Waals surface area contributed by atoms with Crippen LogP contribution in [0.15, 0.2) is 0 Å². The number of carbonyl (C=O) groups excluding carboxylic acids is 1. The Kier molecular flexibility index (Phi) is 6.53. The van der Waals surface area contributed by atoms with E-state index in [1.165, 1.54) is 38.5 Å². The summed E-state index contributed by atoms with van der Waals surface area (Å²) in [7, 11) is 0. The number of hydrogen-bond donors (Lipinski definition) is 2. The van der Waals surface area contributed by atoms with Crippen LogP contribution >= 0.6 is 0 Å². The predicted octanol–water partition coefficient (Wildman–Crippen LogP) is 3.47. The molecule has 0 spiro atoms. The van der Waals surface area contributed by atoms with E-state index >= 15 is 0 Å². The van der Waals surface area contributed by atoms with E-state index in [0.29, 0.717) is 12.0 Å². The number of nitrogens with two attached hydrogens (primary N) is 1.